The maximum absolute atomic E-state index is 12.9. The lowest BCUT2D eigenvalue weighted by molar-refractivity contribution is -0.138. The van der Waals surface area contributed by atoms with Gasteiger partial charge >= 0.3 is 5.97 Å². The third-order valence-electron chi connectivity index (χ3n) is 5.78. The molecule has 0 radical (unpaired) electrons. The molecule has 1 aliphatic heterocycles. The van der Waals surface area contributed by atoms with Crippen molar-refractivity contribution in [2.75, 3.05) is 5.32 Å². The molecular weight excluding hydrogens is 541 g/mol. The molecule has 3 aromatic rings. The Labute approximate surface area is 235 Å². The minimum Gasteiger partial charge on any atom is -0.459 e. The summed E-state index contributed by atoms with van der Waals surface area (Å²) in [5, 5.41) is 5.95. The van der Waals surface area contributed by atoms with Crippen molar-refractivity contribution in [1.82, 2.24) is 10.2 Å². The molecule has 1 aliphatic rings. The van der Waals surface area contributed by atoms with E-state index in [-0.39, 0.29) is 35.8 Å². The average molecular weight is 566 g/mol. The maximum atomic E-state index is 12.9. The summed E-state index contributed by atoms with van der Waals surface area (Å²) in [6.45, 7) is 3.73. The molecule has 0 atom stereocenters. The van der Waals surface area contributed by atoms with Crippen molar-refractivity contribution < 1.29 is 23.9 Å². The molecule has 200 valence electrons. The fourth-order valence-corrected chi connectivity index (χ4v) is 4.26. The summed E-state index contributed by atoms with van der Waals surface area (Å²) in [5.74, 6) is -1.97. The van der Waals surface area contributed by atoms with Gasteiger partial charge in [-0.1, -0.05) is 59.6 Å². The number of halogens is 2. The van der Waals surface area contributed by atoms with Crippen LogP contribution in [0.15, 0.2) is 83.5 Å². The number of anilines is 1. The number of nitrogens with zero attached hydrogens (tertiary/aromatic N) is 1. The number of amides is 3. The molecule has 0 fully saturated rings. The number of hydrogen-bond acceptors (Lipinski definition) is 6. The molecule has 0 unspecified atom stereocenters. The summed E-state index contributed by atoms with van der Waals surface area (Å²) in [4.78, 5) is 51.4. The number of carbonyl (C=O) groups is 4. The Balaban J connectivity index is 1.36. The molecule has 0 saturated heterocycles. The molecule has 2 N–H and O–H groups in total. The number of nitrogens with one attached hydrogen (secondary N) is 2. The van der Waals surface area contributed by atoms with Crippen LogP contribution in [0.4, 0.5) is 5.69 Å². The zero-order valence-corrected chi connectivity index (χ0v) is 22.7. The minimum absolute atomic E-state index is 0.00433. The second-order valence-electron chi connectivity index (χ2n) is 9.02. The lowest BCUT2D eigenvalue weighted by Crippen LogP contribution is -2.33. The van der Waals surface area contributed by atoms with Crippen LogP contribution in [-0.2, 0) is 27.4 Å². The van der Waals surface area contributed by atoms with Gasteiger partial charge in [-0.2, -0.15) is 0 Å². The van der Waals surface area contributed by atoms with Crippen molar-refractivity contribution in [3.05, 3.63) is 111 Å². The van der Waals surface area contributed by atoms with Crippen LogP contribution in [-0.4, -0.2) is 34.7 Å². The molecule has 10 heteroatoms. The standard InChI is InChI=1S/C29H25Cl2N3O5/c1-17(2)39-29(38)20-7-5-8-22(14-20)33-26(35)19-12-10-18(11-13-19)15-32-25-24(31)27(36)34(28(25)37)16-21-6-3-4-9-23(21)30/h3-14,17,32H,15-16H2,1-2H3,(H,33,35). The zero-order valence-electron chi connectivity index (χ0n) is 21.2. The van der Waals surface area contributed by atoms with E-state index in [1.165, 1.54) is 0 Å². The first-order valence-corrected chi connectivity index (χ1v) is 12.8. The second kappa shape index (κ2) is 12.1. The van der Waals surface area contributed by atoms with Crippen LogP contribution in [0.3, 0.4) is 0 Å². The first-order valence-electron chi connectivity index (χ1n) is 12.1. The van der Waals surface area contributed by atoms with Gasteiger partial charge in [0.05, 0.1) is 18.2 Å². The van der Waals surface area contributed by atoms with Crippen LogP contribution in [0.1, 0.15) is 45.7 Å². The monoisotopic (exact) mass is 565 g/mol. The Morgan fingerprint density at radius 2 is 1.62 bits per heavy atom. The topological polar surface area (TPSA) is 105 Å². The summed E-state index contributed by atoms with van der Waals surface area (Å²) in [5.41, 5.74) is 2.57. The normalized spacial score (nSPS) is 13.2. The molecule has 8 nitrogen and oxygen atoms in total. The van der Waals surface area contributed by atoms with E-state index in [4.69, 9.17) is 27.9 Å². The molecule has 0 saturated carbocycles. The van der Waals surface area contributed by atoms with E-state index >= 15 is 0 Å². The van der Waals surface area contributed by atoms with Gasteiger partial charge in [-0.15, -0.1) is 0 Å². The van der Waals surface area contributed by atoms with E-state index in [0.29, 0.717) is 27.4 Å². The zero-order chi connectivity index (χ0) is 28.1. The number of benzene rings is 3. The molecule has 3 aromatic carbocycles. The summed E-state index contributed by atoms with van der Waals surface area (Å²) in [6.07, 6.45) is -0.254. The highest BCUT2D eigenvalue weighted by Gasteiger charge is 2.37. The van der Waals surface area contributed by atoms with Crippen molar-refractivity contribution in [2.24, 2.45) is 0 Å². The van der Waals surface area contributed by atoms with Gasteiger partial charge in [-0.3, -0.25) is 19.3 Å². The first-order chi connectivity index (χ1) is 18.6. The van der Waals surface area contributed by atoms with E-state index in [2.05, 4.69) is 10.6 Å². The summed E-state index contributed by atoms with van der Waals surface area (Å²) < 4.78 is 5.19. The Hall–Kier alpha value is -4.14. The van der Waals surface area contributed by atoms with Gasteiger partial charge in [0, 0.05) is 22.8 Å². The second-order valence-corrected chi connectivity index (χ2v) is 9.80. The number of rotatable bonds is 9. The highest BCUT2D eigenvalue weighted by molar-refractivity contribution is 6.47. The molecule has 0 spiro atoms. The summed E-state index contributed by atoms with van der Waals surface area (Å²) in [7, 11) is 0. The highest BCUT2D eigenvalue weighted by atomic mass is 35.5. The van der Waals surface area contributed by atoms with Gasteiger partial charge in [0.25, 0.3) is 17.7 Å². The predicted molar refractivity (Wildman–Crippen MR) is 148 cm³/mol. The van der Waals surface area contributed by atoms with Crippen LogP contribution < -0.4 is 10.6 Å². The Morgan fingerprint density at radius 1 is 0.897 bits per heavy atom. The summed E-state index contributed by atoms with van der Waals surface area (Å²) >= 11 is 12.3. The Bertz CT molecular complexity index is 1470. The molecule has 4 rings (SSSR count). The Morgan fingerprint density at radius 3 is 2.31 bits per heavy atom. The number of ether oxygens (including phenoxy) is 1. The van der Waals surface area contributed by atoms with Crippen molar-refractivity contribution >= 4 is 52.6 Å². The van der Waals surface area contributed by atoms with Crippen LogP contribution in [0, 0.1) is 0 Å². The van der Waals surface area contributed by atoms with Crippen LogP contribution >= 0.6 is 23.2 Å². The van der Waals surface area contributed by atoms with E-state index in [0.717, 1.165) is 10.5 Å². The third kappa shape index (κ3) is 6.66. The van der Waals surface area contributed by atoms with Crippen molar-refractivity contribution in [2.45, 2.75) is 33.0 Å². The first kappa shape index (κ1) is 27.9. The van der Waals surface area contributed by atoms with E-state index in [1.807, 2.05) is 0 Å². The number of imide groups is 1. The maximum Gasteiger partial charge on any atom is 0.338 e. The fraction of sp³-hybridized carbons (Fsp3) is 0.172. The highest BCUT2D eigenvalue weighted by Crippen LogP contribution is 2.26. The van der Waals surface area contributed by atoms with E-state index in [9.17, 15) is 19.2 Å². The van der Waals surface area contributed by atoms with Crippen molar-refractivity contribution in [1.29, 1.82) is 0 Å². The number of esters is 1. The van der Waals surface area contributed by atoms with Crippen LogP contribution in [0.5, 0.6) is 0 Å². The molecule has 1 heterocycles. The van der Waals surface area contributed by atoms with Gasteiger partial charge in [-0.05, 0) is 61.4 Å². The third-order valence-corrected chi connectivity index (χ3v) is 6.50. The predicted octanol–water partition coefficient (Wildman–Crippen LogP) is 5.27. The van der Waals surface area contributed by atoms with Crippen molar-refractivity contribution in [3.8, 4) is 0 Å². The molecule has 0 aromatic heterocycles. The fourth-order valence-electron chi connectivity index (χ4n) is 3.81. The van der Waals surface area contributed by atoms with Gasteiger partial charge in [0.2, 0.25) is 0 Å². The van der Waals surface area contributed by atoms with Gasteiger partial charge in [0.15, 0.2) is 0 Å². The van der Waals surface area contributed by atoms with Crippen LogP contribution in [0.2, 0.25) is 5.02 Å². The van der Waals surface area contributed by atoms with Crippen LogP contribution in [0.25, 0.3) is 0 Å². The SMILES string of the molecule is CC(C)OC(=O)c1cccc(NC(=O)c2ccc(CNC3=C(Cl)C(=O)N(Cc4ccccc4Cl)C3=O)cc2)c1. The van der Waals surface area contributed by atoms with Gasteiger partial charge in [0.1, 0.15) is 10.7 Å². The largest absolute Gasteiger partial charge is 0.459 e. The van der Waals surface area contributed by atoms with Crippen molar-refractivity contribution in [3.63, 3.8) is 0 Å². The number of hydrogen-bond donors (Lipinski definition) is 2. The minimum atomic E-state index is -0.599. The lowest BCUT2D eigenvalue weighted by Gasteiger charge is -2.16. The Kier molecular flexibility index (Phi) is 8.69. The smallest absolute Gasteiger partial charge is 0.338 e. The van der Waals surface area contributed by atoms with Gasteiger partial charge in [-0.25, -0.2) is 4.79 Å². The molecule has 0 bridgehead atoms. The average Bonchev–Trinajstić information content (AvgIpc) is 3.11. The lowest BCUT2D eigenvalue weighted by atomic mass is 10.1. The quantitative estimate of drug-likeness (QED) is 0.270. The van der Waals surface area contributed by atoms with E-state index in [1.54, 1.807) is 86.6 Å². The summed E-state index contributed by atoms with van der Waals surface area (Å²) in [6, 6.07) is 20.1. The number of carbonyl (C=O) groups excluding carboxylic acids is 4. The molecule has 39 heavy (non-hydrogen) atoms. The molecular formula is C29H25Cl2N3O5. The molecule has 0 aliphatic carbocycles. The van der Waals surface area contributed by atoms with Gasteiger partial charge < -0.3 is 15.4 Å². The van der Waals surface area contributed by atoms with E-state index < -0.39 is 17.8 Å². The molecule has 3 amide bonds.